The van der Waals surface area contributed by atoms with E-state index in [9.17, 15) is 0 Å². The Morgan fingerprint density at radius 1 is 0.789 bits per heavy atom. The average Bonchev–Trinajstić information content (AvgIpc) is 2.96. The van der Waals surface area contributed by atoms with Gasteiger partial charge < -0.3 is 4.98 Å². The van der Waals surface area contributed by atoms with Crippen LogP contribution in [0.1, 0.15) is 0 Å². The molecule has 4 aromatic rings. The third-order valence-corrected chi connectivity index (χ3v) is 3.33. The van der Waals surface area contributed by atoms with Crippen LogP contribution in [0.15, 0.2) is 60.9 Å². The van der Waals surface area contributed by atoms with Gasteiger partial charge in [0.25, 0.3) is 0 Å². The van der Waals surface area contributed by atoms with Crippen LogP contribution in [0.3, 0.4) is 0 Å². The molecule has 1 N–H and O–H groups in total. The molecule has 2 aromatic heterocycles. The van der Waals surface area contributed by atoms with Crippen molar-refractivity contribution in [3.05, 3.63) is 60.9 Å². The van der Waals surface area contributed by atoms with Crippen LogP contribution in [0.25, 0.3) is 33.2 Å². The van der Waals surface area contributed by atoms with Crippen LogP contribution in [0.4, 0.5) is 0 Å². The first-order valence-electron chi connectivity index (χ1n) is 6.20. The van der Waals surface area contributed by atoms with E-state index in [1.807, 2.05) is 48.8 Å². The summed E-state index contributed by atoms with van der Waals surface area (Å²) >= 11 is 0. The van der Waals surface area contributed by atoms with Gasteiger partial charge in [0.1, 0.15) is 0 Å². The van der Waals surface area contributed by atoms with Crippen LogP contribution in [-0.2, 0) is 0 Å². The van der Waals surface area contributed by atoms with Gasteiger partial charge in [-0.25, -0.2) is 0 Å². The summed E-state index contributed by atoms with van der Waals surface area (Å²) in [6.45, 7) is 0. The predicted molar refractivity (Wildman–Crippen MR) is 76.8 cm³/mol. The second-order valence-corrected chi connectivity index (χ2v) is 4.50. The number of fused-ring (bicyclic) bond motifs is 3. The van der Waals surface area contributed by atoms with Crippen molar-refractivity contribution in [1.82, 2.24) is 15.0 Å². The molecule has 0 amide bonds. The van der Waals surface area contributed by atoms with Crippen LogP contribution in [0.5, 0.6) is 0 Å². The number of nitrogens with zero attached hydrogens (tertiary/aromatic N) is 2. The van der Waals surface area contributed by atoms with E-state index in [0.29, 0.717) is 0 Å². The Morgan fingerprint density at radius 2 is 1.63 bits per heavy atom. The van der Waals surface area contributed by atoms with Gasteiger partial charge in [-0.15, -0.1) is 0 Å². The van der Waals surface area contributed by atoms with Crippen molar-refractivity contribution < 1.29 is 0 Å². The monoisotopic (exact) mass is 245 g/mol. The fourth-order valence-corrected chi connectivity index (χ4v) is 2.37. The lowest BCUT2D eigenvalue weighted by molar-refractivity contribution is 1.30. The Morgan fingerprint density at radius 3 is 2.53 bits per heavy atom. The molecule has 2 aromatic carbocycles. The zero-order valence-corrected chi connectivity index (χ0v) is 10.2. The van der Waals surface area contributed by atoms with Gasteiger partial charge in [-0.3, -0.25) is 9.97 Å². The van der Waals surface area contributed by atoms with Crippen molar-refractivity contribution in [3.8, 4) is 11.3 Å². The molecule has 0 aliphatic carbocycles. The summed E-state index contributed by atoms with van der Waals surface area (Å²) in [5, 5.41) is 1.11. The van der Waals surface area contributed by atoms with Crippen molar-refractivity contribution in [2.75, 3.05) is 0 Å². The largest absolute Gasteiger partial charge is 0.351 e. The molecular formula is C16H11N3. The molecule has 0 saturated carbocycles. The van der Waals surface area contributed by atoms with Crippen molar-refractivity contribution in [1.29, 1.82) is 0 Å². The standard InChI is InChI=1S/C16H11N3/c1-2-4-11(5-3-1)15-10-18-14-7-6-13-12(8-9-17-13)16(14)19-15/h1-10,19H. The Hall–Kier alpha value is -2.68. The van der Waals surface area contributed by atoms with Crippen LogP contribution < -0.4 is 0 Å². The van der Waals surface area contributed by atoms with Crippen molar-refractivity contribution in [2.24, 2.45) is 0 Å². The number of rotatable bonds is 1. The Labute approximate surface area is 110 Å². The normalized spacial score (nSPS) is 11.2. The van der Waals surface area contributed by atoms with Gasteiger partial charge in [-0.05, 0) is 23.8 Å². The molecule has 90 valence electrons. The zero-order chi connectivity index (χ0) is 12.7. The summed E-state index contributed by atoms with van der Waals surface area (Å²) in [7, 11) is 0. The fraction of sp³-hybridized carbons (Fsp3) is 0. The van der Waals surface area contributed by atoms with Crippen molar-refractivity contribution in [3.63, 3.8) is 0 Å². The van der Waals surface area contributed by atoms with Crippen LogP contribution in [0.2, 0.25) is 0 Å². The first-order valence-corrected chi connectivity index (χ1v) is 6.20. The Kier molecular flexibility index (Phi) is 2.12. The molecule has 0 fully saturated rings. The number of benzene rings is 2. The molecule has 0 spiro atoms. The van der Waals surface area contributed by atoms with Gasteiger partial charge in [0.05, 0.1) is 28.4 Å². The van der Waals surface area contributed by atoms with E-state index in [2.05, 4.69) is 27.1 Å². The van der Waals surface area contributed by atoms with Gasteiger partial charge in [0, 0.05) is 11.6 Å². The highest BCUT2D eigenvalue weighted by atomic mass is 14.8. The molecule has 2 heterocycles. The second kappa shape index (κ2) is 3.92. The molecule has 19 heavy (non-hydrogen) atoms. The van der Waals surface area contributed by atoms with E-state index >= 15 is 0 Å². The number of hydrogen-bond donors (Lipinski definition) is 1. The fourth-order valence-electron chi connectivity index (χ4n) is 2.37. The number of hydrogen-bond acceptors (Lipinski definition) is 2. The van der Waals surface area contributed by atoms with Crippen molar-refractivity contribution in [2.45, 2.75) is 0 Å². The highest BCUT2D eigenvalue weighted by Crippen LogP contribution is 2.24. The van der Waals surface area contributed by atoms with Crippen LogP contribution in [-0.4, -0.2) is 15.0 Å². The lowest BCUT2D eigenvalue weighted by atomic mass is 10.1. The molecule has 0 unspecified atom stereocenters. The topological polar surface area (TPSA) is 41.6 Å². The minimum atomic E-state index is 0.959. The highest BCUT2D eigenvalue weighted by molar-refractivity contribution is 6.03. The first-order chi connectivity index (χ1) is 9.42. The molecule has 0 aliphatic heterocycles. The Balaban J connectivity index is 2.04. The van der Waals surface area contributed by atoms with E-state index < -0.39 is 0 Å². The minimum Gasteiger partial charge on any atom is -0.351 e. The van der Waals surface area contributed by atoms with Gasteiger partial charge in [-0.2, -0.15) is 0 Å². The summed E-state index contributed by atoms with van der Waals surface area (Å²) in [6, 6.07) is 16.2. The molecule has 4 rings (SSSR count). The maximum atomic E-state index is 4.53. The van der Waals surface area contributed by atoms with E-state index in [-0.39, 0.29) is 0 Å². The summed E-state index contributed by atoms with van der Waals surface area (Å²) in [5.41, 5.74) is 5.14. The quantitative estimate of drug-likeness (QED) is 0.554. The Bertz CT molecular complexity index is 863. The maximum absolute atomic E-state index is 4.53. The van der Waals surface area contributed by atoms with E-state index in [4.69, 9.17) is 0 Å². The van der Waals surface area contributed by atoms with Crippen molar-refractivity contribution >= 4 is 21.9 Å². The molecule has 0 aliphatic rings. The van der Waals surface area contributed by atoms with E-state index in [1.54, 1.807) is 0 Å². The summed E-state index contributed by atoms with van der Waals surface area (Å²) in [5.74, 6) is 0. The average molecular weight is 245 g/mol. The molecular weight excluding hydrogens is 234 g/mol. The number of aromatic amines is 1. The van der Waals surface area contributed by atoms with Crippen LogP contribution >= 0.6 is 0 Å². The van der Waals surface area contributed by atoms with Gasteiger partial charge in [0.15, 0.2) is 0 Å². The molecule has 0 bridgehead atoms. The zero-order valence-electron chi connectivity index (χ0n) is 10.2. The third-order valence-electron chi connectivity index (χ3n) is 3.33. The lowest BCUT2D eigenvalue weighted by Crippen LogP contribution is -1.88. The molecule has 3 heteroatoms. The third kappa shape index (κ3) is 1.59. The maximum Gasteiger partial charge on any atom is 0.0873 e. The number of nitrogens with one attached hydrogen (secondary N) is 1. The highest BCUT2D eigenvalue weighted by Gasteiger charge is 2.05. The minimum absolute atomic E-state index is 0.959. The molecule has 0 radical (unpaired) electrons. The number of aromatic nitrogens is 3. The lowest BCUT2D eigenvalue weighted by Gasteiger charge is -2.05. The molecule has 0 saturated heterocycles. The predicted octanol–water partition coefficient (Wildman–Crippen LogP) is 3.78. The smallest absolute Gasteiger partial charge is 0.0873 e. The first kappa shape index (κ1) is 10.3. The molecule has 3 nitrogen and oxygen atoms in total. The summed E-state index contributed by atoms with van der Waals surface area (Å²) in [4.78, 5) is 12.3. The van der Waals surface area contributed by atoms with E-state index in [1.165, 1.54) is 0 Å². The van der Waals surface area contributed by atoms with Gasteiger partial charge in [-0.1, -0.05) is 30.3 Å². The van der Waals surface area contributed by atoms with Gasteiger partial charge >= 0.3 is 0 Å². The SMILES string of the molecule is c1ccc(-c2cnc3ccc4nccc4c3[nH]2)cc1. The van der Waals surface area contributed by atoms with E-state index in [0.717, 1.165) is 33.2 Å². The number of H-pyrrole nitrogens is 1. The van der Waals surface area contributed by atoms with Crippen LogP contribution in [0, 0.1) is 0 Å². The second-order valence-electron chi connectivity index (χ2n) is 4.50. The molecule has 0 atom stereocenters. The summed E-state index contributed by atoms with van der Waals surface area (Å²) in [6.07, 6.45) is 3.70. The van der Waals surface area contributed by atoms with Gasteiger partial charge in [0.2, 0.25) is 0 Å². The summed E-state index contributed by atoms with van der Waals surface area (Å²) < 4.78 is 0.